The highest BCUT2D eigenvalue weighted by Gasteiger charge is 2.28. The molecule has 1 atom stereocenters. The number of hydrogen-bond donors (Lipinski definition) is 3. The molecule has 3 N–H and O–H groups in total. The molecule has 0 aromatic carbocycles. The molecule has 1 aromatic rings. The molecule has 0 radical (unpaired) electrons. The number of aromatic nitrogens is 2. The maximum Gasteiger partial charge on any atom is 0.321 e. The molecule has 1 fully saturated rings. The first-order valence-corrected chi connectivity index (χ1v) is 7.82. The number of anilines is 1. The van der Waals surface area contributed by atoms with E-state index in [9.17, 15) is 9.59 Å². The summed E-state index contributed by atoms with van der Waals surface area (Å²) in [5.41, 5.74) is 0.649. The van der Waals surface area contributed by atoms with Crippen LogP contribution >= 0.6 is 0 Å². The van der Waals surface area contributed by atoms with Crippen LogP contribution in [0, 0.1) is 11.8 Å². The zero-order chi connectivity index (χ0) is 16.1. The van der Waals surface area contributed by atoms with Crippen molar-refractivity contribution < 1.29 is 9.59 Å². The Kier molecular flexibility index (Phi) is 5.41. The van der Waals surface area contributed by atoms with Gasteiger partial charge in [0.1, 0.15) is 0 Å². The van der Waals surface area contributed by atoms with E-state index in [0.717, 1.165) is 0 Å². The second-order valence-electron chi connectivity index (χ2n) is 6.22. The van der Waals surface area contributed by atoms with Crippen LogP contribution in [-0.4, -0.2) is 46.2 Å². The standard InChI is InChI=1S/C15H25N5O2/c1-10(2)11(3)18-14(21)12-4-6-20(7-5-12)15(22)19-13-8-16-17-9-13/h8-12H,4-7H2,1-3H3,(H,16,17)(H,18,21)(H,19,22)/t11-/m1/s1. The second-order valence-corrected chi connectivity index (χ2v) is 6.22. The minimum absolute atomic E-state index is 0.000764. The number of urea groups is 1. The van der Waals surface area contributed by atoms with Gasteiger partial charge in [-0.1, -0.05) is 13.8 Å². The summed E-state index contributed by atoms with van der Waals surface area (Å²) in [6.45, 7) is 7.40. The van der Waals surface area contributed by atoms with Crippen molar-refractivity contribution in [2.75, 3.05) is 18.4 Å². The molecule has 3 amide bonds. The van der Waals surface area contributed by atoms with Gasteiger partial charge in [-0.2, -0.15) is 5.10 Å². The first kappa shape index (κ1) is 16.3. The van der Waals surface area contributed by atoms with Crippen molar-refractivity contribution in [1.29, 1.82) is 0 Å². The van der Waals surface area contributed by atoms with Gasteiger partial charge >= 0.3 is 6.03 Å². The number of nitrogens with zero attached hydrogens (tertiary/aromatic N) is 2. The molecule has 122 valence electrons. The average Bonchev–Trinajstić information content (AvgIpc) is 3.00. The highest BCUT2D eigenvalue weighted by molar-refractivity contribution is 5.89. The highest BCUT2D eigenvalue weighted by atomic mass is 16.2. The van der Waals surface area contributed by atoms with Crippen LogP contribution in [0.2, 0.25) is 0 Å². The monoisotopic (exact) mass is 307 g/mol. The molecule has 0 bridgehead atoms. The van der Waals surface area contributed by atoms with Gasteiger partial charge < -0.3 is 15.5 Å². The molecule has 7 heteroatoms. The van der Waals surface area contributed by atoms with Crippen molar-refractivity contribution in [2.45, 2.75) is 39.7 Å². The third-order valence-electron chi connectivity index (χ3n) is 4.27. The topological polar surface area (TPSA) is 90.1 Å². The number of rotatable bonds is 4. The molecule has 2 rings (SSSR count). The Labute approximate surface area is 130 Å². The zero-order valence-electron chi connectivity index (χ0n) is 13.4. The summed E-state index contributed by atoms with van der Waals surface area (Å²) in [5, 5.41) is 12.3. The van der Waals surface area contributed by atoms with Crippen molar-refractivity contribution in [3.63, 3.8) is 0 Å². The first-order chi connectivity index (χ1) is 10.5. The molecule has 1 aliphatic rings. The molecule has 1 aliphatic heterocycles. The van der Waals surface area contributed by atoms with Crippen LogP contribution in [0.5, 0.6) is 0 Å². The van der Waals surface area contributed by atoms with Gasteiger partial charge in [0.05, 0.1) is 11.9 Å². The summed E-state index contributed by atoms with van der Waals surface area (Å²) in [6.07, 6.45) is 4.60. The van der Waals surface area contributed by atoms with E-state index in [-0.39, 0.29) is 23.9 Å². The van der Waals surface area contributed by atoms with Gasteiger partial charge in [-0.25, -0.2) is 4.79 Å². The fraction of sp³-hybridized carbons (Fsp3) is 0.667. The minimum atomic E-state index is -0.143. The van der Waals surface area contributed by atoms with Crippen LogP contribution in [0.25, 0.3) is 0 Å². The molecule has 0 unspecified atom stereocenters. The van der Waals surface area contributed by atoms with Crippen molar-refractivity contribution >= 4 is 17.6 Å². The Balaban J connectivity index is 1.77. The molecule has 2 heterocycles. The number of hydrogen-bond acceptors (Lipinski definition) is 3. The van der Waals surface area contributed by atoms with Gasteiger partial charge in [-0.3, -0.25) is 9.89 Å². The van der Waals surface area contributed by atoms with Crippen LogP contribution in [0.3, 0.4) is 0 Å². The summed E-state index contributed by atoms with van der Waals surface area (Å²) in [6, 6.07) is 0.0331. The summed E-state index contributed by atoms with van der Waals surface area (Å²) in [5.74, 6) is 0.528. The van der Waals surface area contributed by atoms with Crippen LogP contribution in [-0.2, 0) is 4.79 Å². The predicted octanol–water partition coefficient (Wildman–Crippen LogP) is 1.81. The molecule has 0 saturated carbocycles. The molecular weight excluding hydrogens is 282 g/mol. The Bertz CT molecular complexity index is 492. The van der Waals surface area contributed by atoms with Crippen molar-refractivity contribution in [3.05, 3.63) is 12.4 Å². The van der Waals surface area contributed by atoms with E-state index in [4.69, 9.17) is 0 Å². The van der Waals surface area contributed by atoms with Crippen LogP contribution in [0.1, 0.15) is 33.6 Å². The number of likely N-dealkylation sites (tertiary alicyclic amines) is 1. The molecule has 0 aliphatic carbocycles. The third kappa shape index (κ3) is 4.22. The molecule has 22 heavy (non-hydrogen) atoms. The Morgan fingerprint density at radius 1 is 1.32 bits per heavy atom. The van der Waals surface area contributed by atoms with Crippen LogP contribution in [0.4, 0.5) is 10.5 Å². The van der Waals surface area contributed by atoms with Gasteiger partial charge in [0.15, 0.2) is 0 Å². The smallest absolute Gasteiger partial charge is 0.321 e. The van der Waals surface area contributed by atoms with Gasteiger partial charge in [0.25, 0.3) is 0 Å². The number of aromatic amines is 1. The average molecular weight is 307 g/mol. The number of carbonyl (C=O) groups excluding carboxylic acids is 2. The number of carbonyl (C=O) groups is 2. The lowest BCUT2D eigenvalue weighted by atomic mass is 9.95. The van der Waals surface area contributed by atoms with Crippen LogP contribution in [0.15, 0.2) is 12.4 Å². The molecule has 1 aromatic heterocycles. The van der Waals surface area contributed by atoms with Gasteiger partial charge in [-0.05, 0) is 25.7 Å². The van der Waals surface area contributed by atoms with E-state index in [0.29, 0.717) is 37.5 Å². The Morgan fingerprint density at radius 2 is 2.00 bits per heavy atom. The Morgan fingerprint density at radius 3 is 2.55 bits per heavy atom. The number of amides is 3. The lowest BCUT2D eigenvalue weighted by molar-refractivity contribution is -0.127. The lowest BCUT2D eigenvalue weighted by Gasteiger charge is -2.32. The van der Waals surface area contributed by atoms with Gasteiger partial charge in [-0.15, -0.1) is 0 Å². The molecule has 0 spiro atoms. The molecule has 1 saturated heterocycles. The van der Waals surface area contributed by atoms with E-state index >= 15 is 0 Å². The van der Waals surface area contributed by atoms with E-state index in [1.54, 1.807) is 17.3 Å². The lowest BCUT2D eigenvalue weighted by Crippen LogP contribution is -2.46. The molecule has 7 nitrogen and oxygen atoms in total. The number of nitrogens with one attached hydrogen (secondary N) is 3. The van der Waals surface area contributed by atoms with E-state index in [1.165, 1.54) is 0 Å². The third-order valence-corrected chi connectivity index (χ3v) is 4.27. The van der Waals surface area contributed by atoms with Crippen molar-refractivity contribution in [3.8, 4) is 0 Å². The van der Waals surface area contributed by atoms with E-state index in [2.05, 4.69) is 34.7 Å². The quantitative estimate of drug-likeness (QED) is 0.792. The molecular formula is C15H25N5O2. The van der Waals surface area contributed by atoms with Crippen molar-refractivity contribution in [2.24, 2.45) is 11.8 Å². The SMILES string of the molecule is CC(C)[C@@H](C)NC(=O)C1CCN(C(=O)Nc2cn[nH]c2)CC1. The van der Waals surface area contributed by atoms with E-state index in [1.807, 2.05) is 6.92 Å². The first-order valence-electron chi connectivity index (χ1n) is 7.82. The largest absolute Gasteiger partial charge is 0.353 e. The summed E-state index contributed by atoms with van der Waals surface area (Å²) in [7, 11) is 0. The second kappa shape index (κ2) is 7.29. The highest BCUT2D eigenvalue weighted by Crippen LogP contribution is 2.19. The summed E-state index contributed by atoms with van der Waals surface area (Å²) >= 11 is 0. The number of H-pyrrole nitrogens is 1. The fourth-order valence-corrected chi connectivity index (χ4v) is 2.38. The van der Waals surface area contributed by atoms with Crippen molar-refractivity contribution in [1.82, 2.24) is 20.4 Å². The zero-order valence-corrected chi connectivity index (χ0v) is 13.4. The van der Waals surface area contributed by atoms with Gasteiger partial charge in [0, 0.05) is 31.2 Å². The van der Waals surface area contributed by atoms with Crippen LogP contribution < -0.4 is 10.6 Å². The van der Waals surface area contributed by atoms with Gasteiger partial charge in [0.2, 0.25) is 5.91 Å². The Hall–Kier alpha value is -2.05. The fourth-order valence-electron chi connectivity index (χ4n) is 2.38. The summed E-state index contributed by atoms with van der Waals surface area (Å²) < 4.78 is 0. The maximum absolute atomic E-state index is 12.2. The normalized spacial score (nSPS) is 17.4. The summed E-state index contributed by atoms with van der Waals surface area (Å²) in [4.78, 5) is 26.0. The maximum atomic E-state index is 12.2. The van der Waals surface area contributed by atoms with E-state index < -0.39 is 0 Å². The predicted molar refractivity (Wildman–Crippen MR) is 84.3 cm³/mol. The minimum Gasteiger partial charge on any atom is -0.353 e. The number of piperidine rings is 1.